The van der Waals surface area contributed by atoms with Crippen LogP contribution in [-0.2, 0) is 0 Å². The molecule has 2 aromatic carbocycles. The molecule has 2 aromatic rings. The van der Waals surface area contributed by atoms with E-state index in [9.17, 15) is 13.2 Å². The van der Waals surface area contributed by atoms with Gasteiger partial charge in [-0.05, 0) is 29.2 Å². The Kier molecular flexibility index (Phi) is 2.93. The fourth-order valence-electron chi connectivity index (χ4n) is 2.83. The van der Waals surface area contributed by atoms with Gasteiger partial charge in [-0.1, -0.05) is 54.6 Å². The molecule has 0 bridgehead atoms. The number of benzene rings is 2. The van der Waals surface area contributed by atoms with Crippen molar-refractivity contribution in [3.8, 4) is 0 Å². The number of hydrogen-bond donors (Lipinski definition) is 0. The van der Waals surface area contributed by atoms with Crippen LogP contribution in [0, 0.1) is 6.92 Å². The summed E-state index contributed by atoms with van der Waals surface area (Å²) in [4.78, 5) is 0. The minimum atomic E-state index is -4.32. The Hall–Kier alpha value is -2.03. The summed E-state index contributed by atoms with van der Waals surface area (Å²) in [6.07, 6.45) is -2.97. The molecule has 0 radical (unpaired) electrons. The fraction of sp³-hybridized carbons (Fsp3) is 0.176. The molecule has 3 rings (SSSR count). The standard InChI is InChI=1S/C17H13F3/c1-11-6-5-9-13-14(12-7-3-2-4-8-12)10-15(16(11)13)17(18,19)20/h2-10,14H,1H3. The first-order valence-corrected chi connectivity index (χ1v) is 6.42. The Morgan fingerprint density at radius 2 is 1.60 bits per heavy atom. The average molecular weight is 274 g/mol. The molecule has 0 nitrogen and oxygen atoms in total. The highest BCUT2D eigenvalue weighted by Crippen LogP contribution is 2.47. The summed E-state index contributed by atoms with van der Waals surface area (Å²) in [5.74, 6) is -0.317. The van der Waals surface area contributed by atoms with Gasteiger partial charge in [0.2, 0.25) is 0 Å². The molecule has 102 valence electrons. The van der Waals surface area contributed by atoms with Gasteiger partial charge in [-0.15, -0.1) is 0 Å². The van der Waals surface area contributed by atoms with Gasteiger partial charge in [-0.3, -0.25) is 0 Å². The molecule has 1 aliphatic carbocycles. The van der Waals surface area contributed by atoms with Crippen LogP contribution < -0.4 is 0 Å². The Bertz CT molecular complexity index is 666. The van der Waals surface area contributed by atoms with Gasteiger partial charge in [0.05, 0.1) is 5.57 Å². The van der Waals surface area contributed by atoms with E-state index in [1.54, 1.807) is 19.1 Å². The topological polar surface area (TPSA) is 0 Å². The minimum Gasteiger partial charge on any atom is -0.166 e. The van der Waals surface area contributed by atoms with Gasteiger partial charge in [0, 0.05) is 5.92 Å². The lowest BCUT2D eigenvalue weighted by atomic mass is 9.91. The van der Waals surface area contributed by atoms with Gasteiger partial charge in [0.25, 0.3) is 0 Å². The largest absolute Gasteiger partial charge is 0.416 e. The first-order chi connectivity index (χ1) is 9.48. The smallest absolute Gasteiger partial charge is 0.166 e. The van der Waals surface area contributed by atoms with Crippen LogP contribution in [-0.4, -0.2) is 6.18 Å². The molecular formula is C17H13F3. The summed E-state index contributed by atoms with van der Waals surface area (Å²) >= 11 is 0. The SMILES string of the molecule is Cc1cccc2c1C(C(F)(F)F)=CC2c1ccccc1. The van der Waals surface area contributed by atoms with E-state index in [1.165, 1.54) is 6.08 Å². The highest BCUT2D eigenvalue weighted by atomic mass is 19.4. The third kappa shape index (κ3) is 2.03. The van der Waals surface area contributed by atoms with E-state index >= 15 is 0 Å². The molecule has 1 unspecified atom stereocenters. The predicted octanol–water partition coefficient (Wildman–Crippen LogP) is 5.09. The van der Waals surface area contributed by atoms with Gasteiger partial charge in [0.15, 0.2) is 0 Å². The zero-order chi connectivity index (χ0) is 14.3. The van der Waals surface area contributed by atoms with E-state index in [1.807, 2.05) is 36.4 Å². The molecule has 0 aliphatic heterocycles. The highest BCUT2D eigenvalue weighted by molar-refractivity contribution is 5.81. The van der Waals surface area contributed by atoms with Gasteiger partial charge in [-0.2, -0.15) is 13.2 Å². The molecule has 0 N–H and O–H groups in total. The molecule has 0 fully saturated rings. The van der Waals surface area contributed by atoms with E-state index in [0.29, 0.717) is 11.1 Å². The molecule has 1 aliphatic rings. The summed E-state index contributed by atoms with van der Waals surface area (Å²) in [6.45, 7) is 1.73. The van der Waals surface area contributed by atoms with Crippen LogP contribution in [0.15, 0.2) is 54.6 Å². The van der Waals surface area contributed by atoms with Crippen LogP contribution >= 0.6 is 0 Å². The number of hydrogen-bond acceptors (Lipinski definition) is 0. The number of halogens is 3. The maximum absolute atomic E-state index is 13.2. The number of aryl methyl sites for hydroxylation is 1. The normalized spacial score (nSPS) is 17.8. The highest BCUT2D eigenvalue weighted by Gasteiger charge is 2.41. The van der Waals surface area contributed by atoms with Crippen LogP contribution in [0.2, 0.25) is 0 Å². The maximum atomic E-state index is 13.2. The van der Waals surface area contributed by atoms with E-state index in [0.717, 1.165) is 11.1 Å². The zero-order valence-corrected chi connectivity index (χ0v) is 10.9. The lowest BCUT2D eigenvalue weighted by molar-refractivity contribution is -0.0688. The lowest BCUT2D eigenvalue weighted by Gasteiger charge is -2.13. The molecule has 3 heteroatoms. The predicted molar refractivity (Wildman–Crippen MR) is 73.5 cm³/mol. The van der Waals surface area contributed by atoms with Crippen LogP contribution in [0.1, 0.15) is 28.2 Å². The van der Waals surface area contributed by atoms with Crippen molar-refractivity contribution in [1.29, 1.82) is 0 Å². The Labute approximate surface area is 115 Å². The summed E-state index contributed by atoms with van der Waals surface area (Å²) in [6, 6.07) is 14.6. The van der Waals surface area contributed by atoms with Gasteiger partial charge in [-0.25, -0.2) is 0 Å². The number of alkyl halides is 3. The molecule has 0 amide bonds. The minimum absolute atomic E-state index is 0.317. The van der Waals surface area contributed by atoms with Crippen LogP contribution in [0.4, 0.5) is 13.2 Å². The van der Waals surface area contributed by atoms with E-state index in [4.69, 9.17) is 0 Å². The fourth-order valence-corrected chi connectivity index (χ4v) is 2.83. The molecule has 0 aromatic heterocycles. The summed E-state index contributed by atoms with van der Waals surface area (Å²) in [5.41, 5.74) is 2.12. The van der Waals surface area contributed by atoms with Crippen molar-refractivity contribution in [3.05, 3.63) is 76.9 Å². The van der Waals surface area contributed by atoms with Gasteiger partial charge < -0.3 is 0 Å². The second-order valence-corrected chi connectivity index (χ2v) is 5.01. The Morgan fingerprint density at radius 3 is 2.25 bits per heavy atom. The second kappa shape index (κ2) is 4.51. The van der Waals surface area contributed by atoms with Gasteiger partial charge >= 0.3 is 6.18 Å². The van der Waals surface area contributed by atoms with Crippen LogP contribution in [0.5, 0.6) is 0 Å². The maximum Gasteiger partial charge on any atom is 0.416 e. The molecule has 0 heterocycles. The summed E-state index contributed by atoms with van der Waals surface area (Å²) < 4.78 is 39.7. The first-order valence-electron chi connectivity index (χ1n) is 6.42. The van der Waals surface area contributed by atoms with Crippen molar-refractivity contribution in [2.24, 2.45) is 0 Å². The van der Waals surface area contributed by atoms with Crippen LogP contribution in [0.25, 0.3) is 5.57 Å². The van der Waals surface area contributed by atoms with E-state index < -0.39 is 11.7 Å². The van der Waals surface area contributed by atoms with E-state index in [2.05, 4.69) is 0 Å². The molecule has 1 atom stereocenters. The molecule has 0 saturated carbocycles. The monoisotopic (exact) mass is 274 g/mol. The average Bonchev–Trinajstić information content (AvgIpc) is 2.81. The third-order valence-corrected chi connectivity index (χ3v) is 3.71. The molecular weight excluding hydrogens is 261 g/mol. The Balaban J connectivity index is 2.21. The summed E-state index contributed by atoms with van der Waals surface area (Å²) in [7, 11) is 0. The van der Waals surface area contributed by atoms with Crippen molar-refractivity contribution in [1.82, 2.24) is 0 Å². The molecule has 0 spiro atoms. The van der Waals surface area contributed by atoms with Crippen molar-refractivity contribution in [2.75, 3.05) is 0 Å². The quantitative estimate of drug-likeness (QED) is 0.679. The van der Waals surface area contributed by atoms with Gasteiger partial charge in [0.1, 0.15) is 0 Å². The Morgan fingerprint density at radius 1 is 0.900 bits per heavy atom. The third-order valence-electron chi connectivity index (χ3n) is 3.71. The van der Waals surface area contributed by atoms with E-state index in [-0.39, 0.29) is 5.92 Å². The van der Waals surface area contributed by atoms with Crippen molar-refractivity contribution in [3.63, 3.8) is 0 Å². The molecule has 0 saturated heterocycles. The van der Waals surface area contributed by atoms with Crippen molar-refractivity contribution >= 4 is 5.57 Å². The zero-order valence-electron chi connectivity index (χ0n) is 10.9. The number of fused-ring (bicyclic) bond motifs is 1. The second-order valence-electron chi connectivity index (χ2n) is 5.01. The number of allylic oxidation sites excluding steroid dienone is 2. The first kappa shape index (κ1) is 13.0. The lowest BCUT2D eigenvalue weighted by Crippen LogP contribution is -2.10. The summed E-state index contributed by atoms with van der Waals surface area (Å²) in [5, 5.41) is 0. The van der Waals surface area contributed by atoms with Crippen molar-refractivity contribution < 1.29 is 13.2 Å². The van der Waals surface area contributed by atoms with Crippen molar-refractivity contribution in [2.45, 2.75) is 19.0 Å². The number of rotatable bonds is 1. The molecule has 20 heavy (non-hydrogen) atoms. The van der Waals surface area contributed by atoms with Crippen LogP contribution in [0.3, 0.4) is 0 Å².